The molecule has 0 unspecified atom stereocenters. The van der Waals surface area contributed by atoms with Crippen LogP contribution in [0, 0.1) is 12.7 Å². The van der Waals surface area contributed by atoms with Crippen LogP contribution in [0.15, 0.2) is 65.7 Å². The van der Waals surface area contributed by atoms with E-state index in [1.54, 1.807) is 36.5 Å². The van der Waals surface area contributed by atoms with Gasteiger partial charge in [-0.25, -0.2) is 9.37 Å². The molecule has 7 nitrogen and oxygen atoms in total. The van der Waals surface area contributed by atoms with E-state index in [1.165, 1.54) is 12.1 Å². The van der Waals surface area contributed by atoms with Crippen molar-refractivity contribution in [1.29, 1.82) is 0 Å². The van der Waals surface area contributed by atoms with Crippen LogP contribution in [0.5, 0.6) is 5.75 Å². The summed E-state index contributed by atoms with van der Waals surface area (Å²) in [6.45, 7) is 6.55. The summed E-state index contributed by atoms with van der Waals surface area (Å²) in [5.74, 6) is 0.664. The maximum atomic E-state index is 13.5. The zero-order valence-corrected chi connectivity index (χ0v) is 20.5. The Morgan fingerprint density at radius 1 is 1.23 bits per heavy atom. The zero-order valence-electron chi connectivity index (χ0n) is 20.5. The normalized spacial score (nSPS) is 16.7. The molecule has 1 fully saturated rings. The highest BCUT2D eigenvalue weighted by Gasteiger charge is 2.36. The topological polar surface area (TPSA) is 71.7 Å². The first kappa shape index (κ1) is 24.2. The van der Waals surface area contributed by atoms with Gasteiger partial charge < -0.3 is 14.6 Å². The average Bonchev–Trinajstić information content (AvgIpc) is 3.42. The first-order chi connectivity index (χ1) is 16.9. The molecule has 35 heavy (non-hydrogen) atoms. The Kier molecular flexibility index (Phi) is 7.29. The van der Waals surface area contributed by atoms with E-state index in [1.807, 2.05) is 42.8 Å². The van der Waals surface area contributed by atoms with Crippen LogP contribution in [0.2, 0.25) is 0 Å². The minimum atomic E-state index is -0.316. The molecule has 1 N–H and O–H groups in total. The third-order valence-electron chi connectivity index (χ3n) is 5.94. The number of methoxy groups -OCH3 is 1. The molecule has 4 rings (SSSR count). The van der Waals surface area contributed by atoms with E-state index in [2.05, 4.69) is 22.2 Å². The summed E-state index contributed by atoms with van der Waals surface area (Å²) in [5, 5.41) is 3.20. The number of carbonyl (C=O) groups is 1. The van der Waals surface area contributed by atoms with Gasteiger partial charge in [-0.15, -0.1) is 0 Å². The molecule has 182 valence electrons. The van der Waals surface area contributed by atoms with E-state index in [-0.39, 0.29) is 17.8 Å². The molecule has 1 atom stereocenters. The Balaban J connectivity index is 1.66. The molecule has 1 aliphatic heterocycles. The maximum absolute atomic E-state index is 13.5. The van der Waals surface area contributed by atoms with Crippen LogP contribution in [0.3, 0.4) is 0 Å². The SMILES string of the molecule is CCCCN=C1NC(=Cc2ccc(-n3cnc(C)c3)c(OC)c2)C(=O)N1[C@H](C)c1ccc(F)cc1. The number of hydrogen-bond acceptors (Lipinski definition) is 4. The fraction of sp³-hybridized carbons (Fsp3) is 0.296. The number of aryl methyl sites for hydroxylation is 1. The van der Waals surface area contributed by atoms with E-state index in [9.17, 15) is 9.18 Å². The minimum Gasteiger partial charge on any atom is -0.495 e. The Bertz CT molecular complexity index is 1260. The number of benzene rings is 2. The highest BCUT2D eigenvalue weighted by atomic mass is 19.1. The third kappa shape index (κ3) is 5.26. The average molecular weight is 476 g/mol. The largest absolute Gasteiger partial charge is 0.495 e. The molecule has 0 bridgehead atoms. The van der Waals surface area contributed by atoms with E-state index < -0.39 is 0 Å². The van der Waals surface area contributed by atoms with Crippen molar-refractivity contribution < 1.29 is 13.9 Å². The van der Waals surface area contributed by atoms with Crippen LogP contribution in [-0.2, 0) is 4.79 Å². The van der Waals surface area contributed by atoms with Crippen molar-refractivity contribution >= 4 is 17.9 Å². The molecule has 2 aromatic carbocycles. The molecule has 0 radical (unpaired) electrons. The van der Waals surface area contributed by atoms with Crippen molar-refractivity contribution in [2.45, 2.75) is 39.7 Å². The summed E-state index contributed by atoms with van der Waals surface area (Å²) in [4.78, 5) is 24.0. The Morgan fingerprint density at radius 3 is 2.66 bits per heavy atom. The lowest BCUT2D eigenvalue weighted by molar-refractivity contribution is -0.123. The lowest BCUT2D eigenvalue weighted by Crippen LogP contribution is -2.35. The molecule has 0 saturated carbocycles. The number of carbonyl (C=O) groups excluding carboxylic acids is 1. The Hall–Kier alpha value is -3.94. The highest BCUT2D eigenvalue weighted by Crippen LogP contribution is 2.29. The standard InChI is InChI=1S/C27H30FN5O2/c1-5-6-13-29-27-31-23(26(34)33(27)19(3)21-8-10-22(28)11-9-21)14-20-7-12-24(25(15-20)35-4)32-16-18(2)30-17-32/h7-12,14-17,19H,5-6,13H2,1-4H3,(H,29,31)/t19-/m1/s1. The number of halogens is 1. The molecule has 1 amide bonds. The predicted molar refractivity (Wildman–Crippen MR) is 135 cm³/mol. The van der Waals surface area contributed by atoms with Gasteiger partial charge in [0.1, 0.15) is 17.3 Å². The molecule has 1 aromatic heterocycles. The molecule has 3 aromatic rings. The number of imidazole rings is 1. The number of unbranched alkanes of at least 4 members (excludes halogenated alkanes) is 1. The number of rotatable bonds is 8. The molecule has 0 aliphatic carbocycles. The number of amides is 1. The van der Waals surface area contributed by atoms with Crippen molar-refractivity contribution in [3.63, 3.8) is 0 Å². The molecule has 2 heterocycles. The quantitative estimate of drug-likeness (QED) is 0.367. The number of hydrogen-bond donors (Lipinski definition) is 1. The molecule has 0 spiro atoms. The lowest BCUT2D eigenvalue weighted by atomic mass is 10.1. The highest BCUT2D eigenvalue weighted by molar-refractivity contribution is 6.15. The van der Waals surface area contributed by atoms with E-state index in [0.29, 0.717) is 24.0 Å². The summed E-state index contributed by atoms with van der Waals surface area (Å²) >= 11 is 0. The van der Waals surface area contributed by atoms with Crippen molar-refractivity contribution in [2.24, 2.45) is 4.99 Å². The predicted octanol–water partition coefficient (Wildman–Crippen LogP) is 5.02. The molecule has 1 saturated heterocycles. The monoisotopic (exact) mass is 475 g/mol. The van der Waals surface area contributed by atoms with E-state index in [0.717, 1.165) is 35.3 Å². The summed E-state index contributed by atoms with van der Waals surface area (Å²) < 4.78 is 21.0. The maximum Gasteiger partial charge on any atom is 0.277 e. The summed E-state index contributed by atoms with van der Waals surface area (Å²) in [5.41, 5.74) is 3.82. The van der Waals surface area contributed by atoms with Crippen molar-refractivity contribution in [1.82, 2.24) is 19.8 Å². The number of aromatic nitrogens is 2. The summed E-state index contributed by atoms with van der Waals surface area (Å²) in [6.07, 6.45) is 7.38. The zero-order chi connectivity index (χ0) is 24.9. The molecule has 1 aliphatic rings. The van der Waals surface area contributed by atoms with E-state index >= 15 is 0 Å². The van der Waals surface area contributed by atoms with Crippen LogP contribution >= 0.6 is 0 Å². The first-order valence-corrected chi connectivity index (χ1v) is 11.7. The lowest BCUT2D eigenvalue weighted by Gasteiger charge is -2.24. The van der Waals surface area contributed by atoms with Gasteiger partial charge in [-0.3, -0.25) is 14.7 Å². The summed E-state index contributed by atoms with van der Waals surface area (Å²) in [6, 6.07) is 11.6. The van der Waals surface area contributed by atoms with Gasteiger partial charge in [0.05, 0.1) is 30.9 Å². The van der Waals surface area contributed by atoms with Gasteiger partial charge in [-0.05, 0) is 61.7 Å². The van der Waals surface area contributed by atoms with Gasteiger partial charge in [-0.2, -0.15) is 0 Å². The van der Waals surface area contributed by atoms with Crippen molar-refractivity contribution in [2.75, 3.05) is 13.7 Å². The smallest absolute Gasteiger partial charge is 0.277 e. The molecule has 8 heteroatoms. The van der Waals surface area contributed by atoms with Crippen molar-refractivity contribution in [3.05, 3.63) is 83.3 Å². The van der Waals surface area contributed by atoms with E-state index in [4.69, 9.17) is 4.74 Å². The van der Waals surface area contributed by atoms with Crippen LogP contribution in [0.4, 0.5) is 4.39 Å². The second kappa shape index (κ2) is 10.5. The van der Waals surface area contributed by atoms with Gasteiger partial charge in [0.2, 0.25) is 5.96 Å². The van der Waals surface area contributed by atoms with Gasteiger partial charge in [0.25, 0.3) is 5.91 Å². The van der Waals surface area contributed by atoms with Gasteiger partial charge in [0.15, 0.2) is 0 Å². The minimum absolute atomic E-state index is 0.189. The number of aliphatic imine (C=N–C) groups is 1. The summed E-state index contributed by atoms with van der Waals surface area (Å²) in [7, 11) is 1.61. The molecular formula is C27H30FN5O2. The van der Waals surface area contributed by atoms with Crippen LogP contribution in [0.1, 0.15) is 49.6 Å². The second-order valence-electron chi connectivity index (χ2n) is 8.50. The fourth-order valence-corrected chi connectivity index (χ4v) is 3.98. The van der Waals surface area contributed by atoms with Crippen LogP contribution in [-0.4, -0.2) is 40.0 Å². The first-order valence-electron chi connectivity index (χ1n) is 11.7. The van der Waals surface area contributed by atoms with Crippen LogP contribution in [0.25, 0.3) is 11.8 Å². The van der Waals surface area contributed by atoms with Gasteiger partial charge in [0, 0.05) is 12.7 Å². The van der Waals surface area contributed by atoms with Crippen molar-refractivity contribution in [3.8, 4) is 11.4 Å². The number of nitrogens with one attached hydrogen (secondary N) is 1. The number of nitrogens with zero attached hydrogens (tertiary/aromatic N) is 4. The Labute approximate surface area is 205 Å². The van der Waals surface area contributed by atoms with Gasteiger partial charge >= 0.3 is 0 Å². The number of guanidine groups is 1. The molecular weight excluding hydrogens is 445 g/mol. The van der Waals surface area contributed by atoms with Gasteiger partial charge in [-0.1, -0.05) is 31.5 Å². The number of ether oxygens (including phenoxy) is 1. The second-order valence-corrected chi connectivity index (χ2v) is 8.50. The Morgan fingerprint density at radius 2 is 2.00 bits per heavy atom. The fourth-order valence-electron chi connectivity index (χ4n) is 3.98. The third-order valence-corrected chi connectivity index (χ3v) is 5.94. The van der Waals surface area contributed by atoms with Crippen LogP contribution < -0.4 is 10.1 Å².